The highest BCUT2D eigenvalue weighted by molar-refractivity contribution is 6.30. The number of halogens is 1. The van der Waals surface area contributed by atoms with E-state index in [9.17, 15) is 19.7 Å². The Balaban J connectivity index is 1.34. The van der Waals surface area contributed by atoms with E-state index in [1.54, 1.807) is 36.4 Å². The number of nitrogens with zero attached hydrogens (tertiary/aromatic N) is 3. The van der Waals surface area contributed by atoms with E-state index >= 15 is 0 Å². The minimum absolute atomic E-state index is 0.0740. The zero-order chi connectivity index (χ0) is 21.3. The van der Waals surface area contributed by atoms with Crippen LogP contribution < -0.4 is 15.1 Å². The lowest BCUT2D eigenvalue weighted by atomic mass is 10.0. The van der Waals surface area contributed by atoms with Crippen LogP contribution in [0.15, 0.2) is 48.5 Å². The third-order valence-corrected chi connectivity index (χ3v) is 5.84. The molecule has 0 spiro atoms. The van der Waals surface area contributed by atoms with Crippen LogP contribution >= 0.6 is 11.6 Å². The first-order valence-corrected chi connectivity index (χ1v) is 10.2. The fourth-order valence-corrected chi connectivity index (χ4v) is 4.12. The number of anilines is 2. The standard InChI is InChI=1S/C21H21ClN4O4/c22-14-1-3-17(4-2-14)25-20(27)13-19(21(25)28)23-15-9-11-24(12-10-15)16-5-7-18(8-6-16)26(29)30/h1-8,15,19,23H,9-13H2. The molecule has 0 aromatic heterocycles. The highest BCUT2D eigenvalue weighted by atomic mass is 35.5. The lowest BCUT2D eigenvalue weighted by molar-refractivity contribution is -0.384. The predicted octanol–water partition coefficient (Wildman–Crippen LogP) is 3.14. The summed E-state index contributed by atoms with van der Waals surface area (Å²) in [7, 11) is 0. The summed E-state index contributed by atoms with van der Waals surface area (Å²) in [4.78, 5) is 39.0. The van der Waals surface area contributed by atoms with Crippen LogP contribution in [-0.2, 0) is 9.59 Å². The van der Waals surface area contributed by atoms with Gasteiger partial charge in [-0.1, -0.05) is 11.6 Å². The highest BCUT2D eigenvalue weighted by Crippen LogP contribution is 2.27. The van der Waals surface area contributed by atoms with Gasteiger partial charge < -0.3 is 10.2 Å². The van der Waals surface area contributed by atoms with E-state index in [2.05, 4.69) is 10.2 Å². The van der Waals surface area contributed by atoms with Crippen molar-refractivity contribution in [1.29, 1.82) is 0 Å². The molecule has 0 radical (unpaired) electrons. The predicted molar refractivity (Wildman–Crippen MR) is 114 cm³/mol. The first-order valence-electron chi connectivity index (χ1n) is 9.80. The summed E-state index contributed by atoms with van der Waals surface area (Å²) in [5, 5.41) is 14.7. The Kier molecular flexibility index (Phi) is 5.69. The van der Waals surface area contributed by atoms with Crippen LogP contribution in [0.25, 0.3) is 0 Å². The van der Waals surface area contributed by atoms with Crippen molar-refractivity contribution in [3.8, 4) is 0 Å². The maximum atomic E-state index is 12.8. The van der Waals surface area contributed by atoms with E-state index in [0.717, 1.165) is 31.6 Å². The molecule has 2 amide bonds. The van der Waals surface area contributed by atoms with Crippen molar-refractivity contribution in [1.82, 2.24) is 5.32 Å². The Labute approximate surface area is 178 Å². The van der Waals surface area contributed by atoms with Gasteiger partial charge in [0, 0.05) is 42.0 Å². The van der Waals surface area contributed by atoms with Gasteiger partial charge in [-0.15, -0.1) is 0 Å². The topological polar surface area (TPSA) is 95.8 Å². The highest BCUT2D eigenvalue weighted by Gasteiger charge is 2.40. The molecule has 1 N–H and O–H groups in total. The third-order valence-electron chi connectivity index (χ3n) is 5.59. The molecule has 0 aliphatic carbocycles. The maximum absolute atomic E-state index is 12.8. The molecule has 2 fully saturated rings. The van der Waals surface area contributed by atoms with Crippen LogP contribution in [0.5, 0.6) is 0 Å². The number of amides is 2. The van der Waals surface area contributed by atoms with Crippen LogP contribution in [0, 0.1) is 10.1 Å². The average Bonchev–Trinajstić information content (AvgIpc) is 3.02. The Morgan fingerprint density at radius 2 is 1.57 bits per heavy atom. The van der Waals surface area contributed by atoms with Crippen molar-refractivity contribution in [3.05, 3.63) is 63.7 Å². The second-order valence-corrected chi connectivity index (χ2v) is 7.94. The smallest absolute Gasteiger partial charge is 0.269 e. The van der Waals surface area contributed by atoms with Crippen molar-refractivity contribution < 1.29 is 14.5 Å². The molecule has 1 unspecified atom stereocenters. The molecule has 156 valence electrons. The Hall–Kier alpha value is -2.97. The molecule has 2 heterocycles. The molecular formula is C21H21ClN4O4. The van der Waals surface area contributed by atoms with Crippen molar-refractivity contribution in [2.24, 2.45) is 0 Å². The zero-order valence-corrected chi connectivity index (χ0v) is 16.9. The molecule has 9 heteroatoms. The van der Waals surface area contributed by atoms with E-state index in [-0.39, 0.29) is 30.0 Å². The number of hydrogen-bond donors (Lipinski definition) is 1. The number of piperidine rings is 1. The monoisotopic (exact) mass is 428 g/mol. The molecule has 0 bridgehead atoms. The number of carbonyl (C=O) groups excluding carboxylic acids is 2. The summed E-state index contributed by atoms with van der Waals surface area (Å²) in [5.74, 6) is -0.455. The van der Waals surface area contributed by atoms with Gasteiger partial charge in [-0.2, -0.15) is 0 Å². The Bertz CT molecular complexity index is 956. The molecule has 2 aromatic rings. The summed E-state index contributed by atoms with van der Waals surface area (Å²) in [6.07, 6.45) is 1.77. The number of nitro groups is 1. The van der Waals surface area contributed by atoms with Gasteiger partial charge in [0.15, 0.2) is 0 Å². The van der Waals surface area contributed by atoms with Gasteiger partial charge in [-0.25, -0.2) is 4.90 Å². The molecule has 2 aliphatic heterocycles. The Morgan fingerprint density at radius 3 is 2.17 bits per heavy atom. The van der Waals surface area contributed by atoms with E-state index in [1.165, 1.54) is 17.0 Å². The normalized spacial score (nSPS) is 20.1. The molecular weight excluding hydrogens is 408 g/mol. The molecule has 1 atom stereocenters. The maximum Gasteiger partial charge on any atom is 0.269 e. The fraction of sp³-hybridized carbons (Fsp3) is 0.333. The number of benzene rings is 2. The fourth-order valence-electron chi connectivity index (χ4n) is 4.00. The van der Waals surface area contributed by atoms with Gasteiger partial charge in [-0.05, 0) is 49.2 Å². The number of rotatable bonds is 5. The minimum atomic E-state index is -0.524. The first kappa shape index (κ1) is 20.3. The largest absolute Gasteiger partial charge is 0.371 e. The van der Waals surface area contributed by atoms with Crippen molar-refractivity contribution >= 4 is 40.5 Å². The van der Waals surface area contributed by atoms with E-state index in [1.807, 2.05) is 0 Å². The zero-order valence-electron chi connectivity index (χ0n) is 16.2. The third kappa shape index (κ3) is 4.15. The van der Waals surface area contributed by atoms with Crippen molar-refractivity contribution in [2.75, 3.05) is 22.9 Å². The number of imide groups is 1. The summed E-state index contributed by atoms with van der Waals surface area (Å²) in [6.45, 7) is 1.54. The molecule has 4 rings (SSSR count). The molecule has 2 saturated heterocycles. The molecule has 0 saturated carbocycles. The van der Waals surface area contributed by atoms with Gasteiger partial charge in [0.2, 0.25) is 5.91 Å². The van der Waals surface area contributed by atoms with Crippen LogP contribution in [0.1, 0.15) is 19.3 Å². The average molecular weight is 429 g/mol. The van der Waals surface area contributed by atoms with E-state index < -0.39 is 11.0 Å². The second kappa shape index (κ2) is 8.41. The summed E-state index contributed by atoms with van der Waals surface area (Å²) < 4.78 is 0. The van der Waals surface area contributed by atoms with Crippen LogP contribution in [-0.4, -0.2) is 41.9 Å². The number of carbonyl (C=O) groups is 2. The number of nitro benzene ring substituents is 1. The molecule has 2 aliphatic rings. The number of non-ortho nitro benzene ring substituents is 1. The molecule has 2 aromatic carbocycles. The Morgan fingerprint density at radius 1 is 0.967 bits per heavy atom. The van der Waals surface area contributed by atoms with Gasteiger partial charge in [-0.3, -0.25) is 19.7 Å². The lowest BCUT2D eigenvalue weighted by Crippen LogP contribution is -2.48. The second-order valence-electron chi connectivity index (χ2n) is 7.50. The molecule has 8 nitrogen and oxygen atoms in total. The van der Waals surface area contributed by atoms with Crippen LogP contribution in [0.2, 0.25) is 5.02 Å². The number of hydrogen-bond acceptors (Lipinski definition) is 6. The van der Waals surface area contributed by atoms with E-state index in [0.29, 0.717) is 10.7 Å². The summed E-state index contributed by atoms with van der Waals surface area (Å²) in [6, 6.07) is 12.8. The van der Waals surface area contributed by atoms with Crippen molar-refractivity contribution in [2.45, 2.75) is 31.3 Å². The van der Waals surface area contributed by atoms with Gasteiger partial charge in [0.05, 0.1) is 23.1 Å². The number of nitrogens with one attached hydrogen (secondary N) is 1. The SMILES string of the molecule is O=C1CC(NC2CCN(c3ccc([N+](=O)[O-])cc3)CC2)C(=O)N1c1ccc(Cl)cc1. The van der Waals surface area contributed by atoms with Crippen LogP contribution in [0.4, 0.5) is 17.1 Å². The minimum Gasteiger partial charge on any atom is -0.371 e. The first-order chi connectivity index (χ1) is 14.4. The quantitative estimate of drug-likeness (QED) is 0.446. The summed E-state index contributed by atoms with van der Waals surface area (Å²) in [5.41, 5.74) is 1.55. The van der Waals surface area contributed by atoms with Gasteiger partial charge in [0.25, 0.3) is 11.6 Å². The van der Waals surface area contributed by atoms with Crippen LogP contribution in [0.3, 0.4) is 0 Å². The lowest BCUT2D eigenvalue weighted by Gasteiger charge is -2.34. The van der Waals surface area contributed by atoms with E-state index in [4.69, 9.17) is 11.6 Å². The van der Waals surface area contributed by atoms with Crippen molar-refractivity contribution in [3.63, 3.8) is 0 Å². The van der Waals surface area contributed by atoms with Gasteiger partial charge >= 0.3 is 0 Å². The summed E-state index contributed by atoms with van der Waals surface area (Å²) >= 11 is 5.89. The molecule has 30 heavy (non-hydrogen) atoms. The van der Waals surface area contributed by atoms with Gasteiger partial charge in [0.1, 0.15) is 0 Å².